The van der Waals surface area contributed by atoms with Gasteiger partial charge >= 0.3 is 0 Å². The van der Waals surface area contributed by atoms with E-state index in [1.165, 1.54) is 6.39 Å². The van der Waals surface area contributed by atoms with Crippen LogP contribution in [0.2, 0.25) is 0 Å². The zero-order valence-electron chi connectivity index (χ0n) is 7.05. The first-order valence-corrected chi connectivity index (χ1v) is 3.98. The molecule has 0 spiro atoms. The summed E-state index contributed by atoms with van der Waals surface area (Å²) in [5.41, 5.74) is 6.57. The fraction of sp³-hybridized carbons (Fsp3) is 0.250. The summed E-state index contributed by atoms with van der Waals surface area (Å²) in [5.74, 6) is 0.666. The molecule has 0 saturated heterocycles. The molecular weight excluding hydrogens is 168 g/mol. The van der Waals surface area contributed by atoms with E-state index < -0.39 is 0 Å². The topological polar surface area (TPSA) is 69.9 Å². The molecule has 0 bridgehead atoms. The van der Waals surface area contributed by atoms with Gasteiger partial charge in [-0.3, -0.25) is 0 Å². The number of rotatable bonds is 3. The van der Waals surface area contributed by atoms with E-state index in [0.29, 0.717) is 18.9 Å². The van der Waals surface area contributed by atoms with Crippen molar-refractivity contribution in [3.63, 3.8) is 0 Å². The van der Waals surface area contributed by atoms with Gasteiger partial charge in [-0.1, -0.05) is 5.16 Å². The van der Waals surface area contributed by atoms with Crippen molar-refractivity contribution in [1.82, 2.24) is 14.7 Å². The average Bonchev–Trinajstić information content (AvgIpc) is 2.76. The summed E-state index contributed by atoms with van der Waals surface area (Å²) in [6.45, 7) is 1.18. The molecule has 0 aliphatic rings. The van der Waals surface area contributed by atoms with Gasteiger partial charge in [-0.2, -0.15) is 4.98 Å². The smallest absolute Gasteiger partial charge is 0.213 e. The third-order valence-corrected chi connectivity index (χ3v) is 1.78. The fourth-order valence-electron chi connectivity index (χ4n) is 1.14. The first kappa shape index (κ1) is 8.00. The molecule has 2 rings (SSSR count). The van der Waals surface area contributed by atoms with Gasteiger partial charge in [0.05, 0.1) is 6.54 Å². The Bertz CT molecular complexity index is 365. The molecule has 0 aliphatic heterocycles. The van der Waals surface area contributed by atoms with Crippen LogP contribution in [0.1, 0.15) is 11.4 Å². The molecule has 5 heteroatoms. The van der Waals surface area contributed by atoms with E-state index >= 15 is 0 Å². The summed E-state index contributed by atoms with van der Waals surface area (Å²) >= 11 is 0. The minimum absolute atomic E-state index is 0.555. The molecule has 2 aromatic rings. The van der Waals surface area contributed by atoms with Gasteiger partial charge in [0.15, 0.2) is 5.82 Å². The van der Waals surface area contributed by atoms with E-state index in [0.717, 1.165) is 5.56 Å². The predicted octanol–water partition coefficient (Wildman–Crippen LogP) is 0.378. The van der Waals surface area contributed by atoms with Crippen LogP contribution in [0, 0.1) is 0 Å². The maximum Gasteiger partial charge on any atom is 0.213 e. The van der Waals surface area contributed by atoms with Crippen LogP contribution in [-0.2, 0) is 13.1 Å². The fourth-order valence-corrected chi connectivity index (χ4v) is 1.14. The number of aromatic nitrogens is 3. The van der Waals surface area contributed by atoms with E-state index in [4.69, 9.17) is 5.73 Å². The third kappa shape index (κ3) is 1.75. The zero-order chi connectivity index (χ0) is 9.10. The van der Waals surface area contributed by atoms with Gasteiger partial charge in [0.25, 0.3) is 0 Å². The number of hydrogen-bond acceptors (Lipinski definition) is 4. The minimum Gasteiger partial charge on any atom is -0.346 e. The predicted molar refractivity (Wildman–Crippen MR) is 45.7 cm³/mol. The highest BCUT2D eigenvalue weighted by Gasteiger charge is 1.99. The van der Waals surface area contributed by atoms with Crippen molar-refractivity contribution in [3.05, 3.63) is 36.2 Å². The van der Waals surface area contributed by atoms with Gasteiger partial charge in [0.2, 0.25) is 6.39 Å². The summed E-state index contributed by atoms with van der Waals surface area (Å²) in [6, 6.07) is 1.97. The molecule has 0 aromatic carbocycles. The van der Waals surface area contributed by atoms with E-state index in [-0.39, 0.29) is 0 Å². The summed E-state index contributed by atoms with van der Waals surface area (Å²) in [6.07, 6.45) is 5.23. The Balaban J connectivity index is 2.10. The lowest BCUT2D eigenvalue weighted by Gasteiger charge is -1.95. The SMILES string of the molecule is NCc1ccn(Cc2ncon2)c1. The Morgan fingerprint density at radius 1 is 1.54 bits per heavy atom. The van der Waals surface area contributed by atoms with Crippen LogP contribution in [-0.4, -0.2) is 14.7 Å². The largest absolute Gasteiger partial charge is 0.346 e. The van der Waals surface area contributed by atoms with Crippen LogP contribution in [0.15, 0.2) is 29.4 Å². The highest BCUT2D eigenvalue weighted by atomic mass is 16.5. The van der Waals surface area contributed by atoms with E-state index in [9.17, 15) is 0 Å². The molecular formula is C8H10N4O. The highest BCUT2D eigenvalue weighted by molar-refractivity contribution is 5.10. The van der Waals surface area contributed by atoms with Crippen molar-refractivity contribution in [3.8, 4) is 0 Å². The molecule has 2 N–H and O–H groups in total. The van der Waals surface area contributed by atoms with Gasteiger partial charge in [-0.25, -0.2) is 0 Å². The van der Waals surface area contributed by atoms with Gasteiger partial charge in [0.1, 0.15) is 0 Å². The van der Waals surface area contributed by atoms with Gasteiger partial charge in [-0.05, 0) is 11.6 Å². The zero-order valence-corrected chi connectivity index (χ0v) is 7.05. The monoisotopic (exact) mass is 178 g/mol. The van der Waals surface area contributed by atoms with Crippen molar-refractivity contribution in [1.29, 1.82) is 0 Å². The van der Waals surface area contributed by atoms with E-state index in [1.807, 2.05) is 23.0 Å². The summed E-state index contributed by atoms with van der Waals surface area (Å²) in [7, 11) is 0. The molecule has 0 atom stereocenters. The highest BCUT2D eigenvalue weighted by Crippen LogP contribution is 2.02. The van der Waals surface area contributed by atoms with Crippen LogP contribution in [0.5, 0.6) is 0 Å². The van der Waals surface area contributed by atoms with Crippen molar-refractivity contribution in [2.45, 2.75) is 13.1 Å². The molecule has 2 aromatic heterocycles. The Morgan fingerprint density at radius 2 is 2.46 bits per heavy atom. The average molecular weight is 178 g/mol. The summed E-state index contributed by atoms with van der Waals surface area (Å²) in [4.78, 5) is 3.92. The second kappa shape index (κ2) is 3.40. The first-order chi connectivity index (χ1) is 6.38. The van der Waals surface area contributed by atoms with Gasteiger partial charge < -0.3 is 14.8 Å². The molecule has 0 unspecified atom stereocenters. The number of nitrogens with two attached hydrogens (primary N) is 1. The Morgan fingerprint density at radius 3 is 3.08 bits per heavy atom. The van der Waals surface area contributed by atoms with Crippen LogP contribution >= 0.6 is 0 Å². The van der Waals surface area contributed by atoms with Crippen LogP contribution in [0.4, 0.5) is 0 Å². The Labute approximate surface area is 75.2 Å². The standard InChI is InChI=1S/C8H10N4O/c9-3-7-1-2-12(4-7)5-8-10-6-13-11-8/h1-2,4,6H,3,5,9H2. The lowest BCUT2D eigenvalue weighted by molar-refractivity contribution is 0.408. The van der Waals surface area contributed by atoms with E-state index in [2.05, 4.69) is 14.7 Å². The summed E-state index contributed by atoms with van der Waals surface area (Å²) < 4.78 is 6.59. The lowest BCUT2D eigenvalue weighted by atomic mass is 10.3. The molecule has 0 fully saturated rings. The van der Waals surface area contributed by atoms with Crippen molar-refractivity contribution < 1.29 is 4.52 Å². The second-order valence-electron chi connectivity index (χ2n) is 2.74. The molecule has 13 heavy (non-hydrogen) atoms. The van der Waals surface area contributed by atoms with Crippen molar-refractivity contribution >= 4 is 0 Å². The Hall–Kier alpha value is -1.62. The molecule has 0 saturated carbocycles. The number of nitrogens with zero attached hydrogens (tertiary/aromatic N) is 3. The van der Waals surface area contributed by atoms with Gasteiger partial charge in [0, 0.05) is 18.9 Å². The number of hydrogen-bond donors (Lipinski definition) is 1. The van der Waals surface area contributed by atoms with Crippen LogP contribution < -0.4 is 5.73 Å². The normalized spacial score (nSPS) is 10.5. The van der Waals surface area contributed by atoms with Gasteiger partial charge in [-0.15, -0.1) is 0 Å². The quantitative estimate of drug-likeness (QED) is 0.737. The molecule has 0 aliphatic carbocycles. The summed E-state index contributed by atoms with van der Waals surface area (Å²) in [5, 5.41) is 3.71. The third-order valence-electron chi connectivity index (χ3n) is 1.78. The maximum absolute atomic E-state index is 5.47. The molecule has 0 radical (unpaired) electrons. The van der Waals surface area contributed by atoms with Crippen LogP contribution in [0.3, 0.4) is 0 Å². The lowest BCUT2D eigenvalue weighted by Crippen LogP contribution is -1.99. The van der Waals surface area contributed by atoms with E-state index in [1.54, 1.807) is 0 Å². The molecule has 68 valence electrons. The molecule has 5 nitrogen and oxygen atoms in total. The minimum atomic E-state index is 0.555. The molecule has 2 heterocycles. The molecule has 0 amide bonds. The maximum atomic E-state index is 5.47. The van der Waals surface area contributed by atoms with Crippen LogP contribution in [0.25, 0.3) is 0 Å². The van der Waals surface area contributed by atoms with Crippen molar-refractivity contribution in [2.24, 2.45) is 5.73 Å². The van der Waals surface area contributed by atoms with Crippen molar-refractivity contribution in [2.75, 3.05) is 0 Å². The Kier molecular flexibility index (Phi) is 2.09. The second-order valence-corrected chi connectivity index (χ2v) is 2.74. The first-order valence-electron chi connectivity index (χ1n) is 3.98.